The summed E-state index contributed by atoms with van der Waals surface area (Å²) in [6.45, 7) is 2.53. The van der Waals surface area contributed by atoms with Crippen LogP contribution in [0.4, 0.5) is 14.5 Å². The van der Waals surface area contributed by atoms with Crippen LogP contribution in [-0.4, -0.2) is 47.5 Å². The first kappa shape index (κ1) is 24.4. The minimum atomic E-state index is -0.939. The third-order valence-corrected chi connectivity index (χ3v) is 6.77. The first-order valence-electron chi connectivity index (χ1n) is 11.4. The number of pyridine rings is 1. The Hall–Kier alpha value is -2.77. The van der Waals surface area contributed by atoms with Gasteiger partial charge in [-0.3, -0.25) is 9.78 Å². The Bertz CT molecular complexity index is 1220. The maximum absolute atomic E-state index is 15.0. The van der Waals surface area contributed by atoms with Gasteiger partial charge >= 0.3 is 0 Å². The van der Waals surface area contributed by atoms with Gasteiger partial charge in [-0.25, -0.2) is 8.78 Å². The molecule has 8 heteroatoms. The molecule has 5 nitrogen and oxygen atoms in total. The van der Waals surface area contributed by atoms with Crippen molar-refractivity contribution in [1.82, 2.24) is 9.88 Å². The van der Waals surface area contributed by atoms with E-state index in [1.165, 1.54) is 25.3 Å². The number of aromatic nitrogens is 1. The molecule has 1 saturated carbocycles. The second kappa shape index (κ2) is 9.84. The van der Waals surface area contributed by atoms with Crippen molar-refractivity contribution in [3.8, 4) is 16.9 Å². The van der Waals surface area contributed by atoms with Crippen LogP contribution in [0.5, 0.6) is 5.75 Å². The fraction of sp³-hybridized carbons (Fsp3) is 0.385. The van der Waals surface area contributed by atoms with Crippen molar-refractivity contribution in [2.75, 3.05) is 26.0 Å². The van der Waals surface area contributed by atoms with Crippen molar-refractivity contribution < 1.29 is 18.7 Å². The monoisotopic (exact) mass is 487 g/mol. The molecule has 1 aliphatic rings. The molecule has 1 aliphatic carbocycles. The van der Waals surface area contributed by atoms with Crippen LogP contribution in [0.2, 0.25) is 5.02 Å². The normalized spacial score (nSPS) is 18.4. The average Bonchev–Trinajstić information content (AvgIpc) is 2.77. The molecule has 0 bridgehead atoms. The van der Waals surface area contributed by atoms with Crippen molar-refractivity contribution in [3.63, 3.8) is 0 Å². The average molecular weight is 488 g/mol. The van der Waals surface area contributed by atoms with E-state index in [0.29, 0.717) is 28.1 Å². The van der Waals surface area contributed by atoms with Gasteiger partial charge in [-0.1, -0.05) is 11.6 Å². The molecule has 3 aromatic rings. The molecular weight excluding hydrogens is 460 g/mol. The van der Waals surface area contributed by atoms with Crippen LogP contribution in [0, 0.1) is 17.6 Å². The molecule has 1 heterocycles. The molecule has 0 spiro atoms. The molecule has 0 radical (unpaired) electrons. The number of benzene rings is 2. The maximum atomic E-state index is 15.0. The Kier molecular flexibility index (Phi) is 7.05. The van der Waals surface area contributed by atoms with E-state index in [1.807, 2.05) is 0 Å². The molecule has 4 rings (SSSR count). The molecule has 0 unspecified atom stereocenters. The van der Waals surface area contributed by atoms with Gasteiger partial charge in [0.1, 0.15) is 5.82 Å². The number of halogens is 3. The quantitative estimate of drug-likeness (QED) is 0.401. The molecule has 0 aliphatic heterocycles. The summed E-state index contributed by atoms with van der Waals surface area (Å²) in [4.78, 5) is 18.9. The van der Waals surface area contributed by atoms with Gasteiger partial charge in [0.15, 0.2) is 17.3 Å². The predicted octanol–water partition coefficient (Wildman–Crippen LogP) is 6.27. The number of carbonyl (C=O) groups excluding carboxylic acids is 1. The van der Waals surface area contributed by atoms with Crippen LogP contribution in [0.15, 0.2) is 30.5 Å². The Labute approximate surface area is 202 Å². The summed E-state index contributed by atoms with van der Waals surface area (Å²) in [7, 11) is 4.16. The maximum Gasteiger partial charge on any atom is 0.170 e. The lowest BCUT2D eigenvalue weighted by Gasteiger charge is -2.32. The van der Waals surface area contributed by atoms with Crippen molar-refractivity contribution >= 4 is 34.0 Å². The number of phenolic OH excluding ortho intramolecular Hbond substituents is 1. The van der Waals surface area contributed by atoms with E-state index in [4.69, 9.17) is 11.6 Å². The summed E-state index contributed by atoms with van der Waals surface area (Å²) in [6.07, 6.45) is 5.57. The number of Topliss-reactive ketones (excluding diaryl/α,β-unsaturated/α-hetero) is 1. The number of nitrogens with one attached hydrogen (secondary N) is 1. The van der Waals surface area contributed by atoms with Gasteiger partial charge in [-0.05, 0) is 76.4 Å². The molecular formula is C26H28ClF2N3O2. The first-order valence-corrected chi connectivity index (χ1v) is 11.7. The van der Waals surface area contributed by atoms with Gasteiger partial charge < -0.3 is 15.3 Å². The molecule has 1 fully saturated rings. The fourth-order valence-corrected chi connectivity index (χ4v) is 5.00. The zero-order valence-corrected chi connectivity index (χ0v) is 20.2. The summed E-state index contributed by atoms with van der Waals surface area (Å²) < 4.78 is 29.1. The third kappa shape index (κ3) is 5.00. The number of carbonyl (C=O) groups is 1. The molecule has 1 aromatic heterocycles. The number of hydrogen-bond donors (Lipinski definition) is 2. The summed E-state index contributed by atoms with van der Waals surface area (Å²) in [5.41, 5.74) is 1.72. The Balaban J connectivity index is 1.75. The van der Waals surface area contributed by atoms with E-state index < -0.39 is 17.4 Å². The van der Waals surface area contributed by atoms with Crippen LogP contribution in [0.3, 0.4) is 0 Å². The van der Waals surface area contributed by atoms with Crippen molar-refractivity contribution in [1.29, 1.82) is 0 Å². The summed E-state index contributed by atoms with van der Waals surface area (Å²) in [5, 5.41) is 13.6. The molecule has 0 saturated heterocycles. The van der Waals surface area contributed by atoms with Gasteiger partial charge in [0, 0.05) is 35.8 Å². The Morgan fingerprint density at radius 2 is 1.85 bits per heavy atom. The fourth-order valence-electron chi connectivity index (χ4n) is 4.79. The lowest BCUT2D eigenvalue weighted by Crippen LogP contribution is -2.31. The smallest absolute Gasteiger partial charge is 0.170 e. The van der Waals surface area contributed by atoms with Crippen LogP contribution in [0.1, 0.15) is 43.0 Å². The van der Waals surface area contributed by atoms with Crippen LogP contribution in [-0.2, 0) is 0 Å². The summed E-state index contributed by atoms with van der Waals surface area (Å²) >= 11 is 5.92. The highest BCUT2D eigenvalue weighted by Crippen LogP contribution is 2.38. The predicted molar refractivity (Wildman–Crippen MR) is 132 cm³/mol. The van der Waals surface area contributed by atoms with Gasteiger partial charge in [0.25, 0.3) is 0 Å². The largest absolute Gasteiger partial charge is 0.504 e. The van der Waals surface area contributed by atoms with Gasteiger partial charge in [-0.2, -0.15) is 0 Å². The lowest BCUT2D eigenvalue weighted by molar-refractivity contribution is 0.101. The van der Waals surface area contributed by atoms with E-state index in [2.05, 4.69) is 29.3 Å². The second-order valence-corrected chi connectivity index (χ2v) is 9.77. The minimum Gasteiger partial charge on any atom is -0.504 e. The van der Waals surface area contributed by atoms with Crippen molar-refractivity contribution in [2.45, 2.75) is 38.6 Å². The number of nitrogens with zero attached hydrogens (tertiary/aromatic N) is 2. The Morgan fingerprint density at radius 1 is 1.15 bits per heavy atom. The molecule has 180 valence electrons. The van der Waals surface area contributed by atoms with E-state index in [0.717, 1.165) is 38.3 Å². The number of phenols is 1. The topological polar surface area (TPSA) is 65.5 Å². The van der Waals surface area contributed by atoms with Crippen LogP contribution in [0.25, 0.3) is 22.0 Å². The highest BCUT2D eigenvalue weighted by Gasteiger charge is 2.24. The molecule has 34 heavy (non-hydrogen) atoms. The highest BCUT2D eigenvalue weighted by molar-refractivity contribution is 6.32. The number of anilines is 1. The second-order valence-electron chi connectivity index (χ2n) is 9.36. The standard InChI is InChI=1S/C26H28ClF2N3O2/c1-14(33)20-12-30-24-11-22(28)18(16-8-21(27)26(34)23(29)9-16)10-19(24)25(20)31-17-6-4-15(5-7-17)13-32(2)3/h8-12,15,17,34H,4-7,13H2,1-3H3,(H,30,31). The number of fused-ring (bicyclic) bond motifs is 1. The van der Waals surface area contributed by atoms with Crippen LogP contribution < -0.4 is 5.32 Å². The zero-order chi connectivity index (χ0) is 24.6. The highest BCUT2D eigenvalue weighted by atomic mass is 35.5. The Morgan fingerprint density at radius 3 is 2.47 bits per heavy atom. The first-order chi connectivity index (χ1) is 16.1. The summed E-state index contributed by atoms with van der Waals surface area (Å²) in [5.74, 6) is -1.73. The van der Waals surface area contributed by atoms with E-state index in [1.54, 1.807) is 6.07 Å². The molecule has 0 amide bonds. The zero-order valence-electron chi connectivity index (χ0n) is 19.5. The van der Waals surface area contributed by atoms with Gasteiger partial charge in [-0.15, -0.1) is 0 Å². The minimum absolute atomic E-state index is 0.105. The number of ketones is 1. The molecule has 2 aromatic carbocycles. The van der Waals surface area contributed by atoms with Crippen molar-refractivity contribution in [3.05, 3.63) is 52.7 Å². The number of hydrogen-bond acceptors (Lipinski definition) is 5. The van der Waals surface area contributed by atoms with Gasteiger partial charge in [0.05, 0.1) is 21.8 Å². The van der Waals surface area contributed by atoms with E-state index in [9.17, 15) is 14.3 Å². The lowest BCUT2D eigenvalue weighted by atomic mass is 9.85. The third-order valence-electron chi connectivity index (χ3n) is 6.48. The SMILES string of the molecule is CC(=O)c1cnc2cc(F)c(-c3cc(F)c(O)c(Cl)c3)cc2c1NC1CCC(CN(C)C)CC1. The van der Waals surface area contributed by atoms with Crippen molar-refractivity contribution in [2.24, 2.45) is 5.92 Å². The summed E-state index contributed by atoms with van der Waals surface area (Å²) in [6, 6.07) is 5.35. The van der Waals surface area contributed by atoms with Gasteiger partial charge in [0.2, 0.25) is 0 Å². The van der Waals surface area contributed by atoms with E-state index in [-0.39, 0.29) is 28.0 Å². The van der Waals surface area contributed by atoms with E-state index >= 15 is 4.39 Å². The molecule has 0 atom stereocenters. The van der Waals surface area contributed by atoms with Crippen LogP contribution >= 0.6 is 11.6 Å². The molecule has 2 N–H and O–H groups in total. The number of aromatic hydroxyl groups is 1. The number of rotatable bonds is 6.